The molecule has 0 spiro atoms. The predicted octanol–water partition coefficient (Wildman–Crippen LogP) is 6.02. The van der Waals surface area contributed by atoms with Crippen LogP contribution in [0.2, 0.25) is 0 Å². The summed E-state index contributed by atoms with van der Waals surface area (Å²) in [6, 6.07) is 40.7. The maximum absolute atomic E-state index is 15.1. The van der Waals surface area contributed by atoms with Crippen LogP contribution >= 0.6 is 14.0 Å². The maximum Gasteiger partial charge on any atom is 0.196 e. The number of benzene rings is 4. The number of hydrogen-bond donors (Lipinski definition) is 0. The average Bonchev–Trinajstić information content (AvgIpc) is 2.97. The molecule has 0 fully saturated rings. The summed E-state index contributed by atoms with van der Waals surface area (Å²) in [5, 5.41) is 14.8. The second kappa shape index (κ2) is 9.85. The van der Waals surface area contributed by atoms with Crippen LogP contribution in [0.5, 0.6) is 0 Å². The maximum atomic E-state index is 15.1. The second-order valence-corrected chi connectivity index (χ2v) is 14.4. The molecule has 0 radical (unpaired) electrons. The molecule has 0 saturated carbocycles. The number of nitriles is 1. The standard InChI is InChI=1S/C31H22N2OP2/c1-33-31-23-29(36(34,27-18-10-4-11-19-27)28-20-12-5-13-21-28)22-30(24-32)35(31,25-14-6-2-7-15-25)26-16-8-3-9-17-26/h2-23H. The van der Waals surface area contributed by atoms with Crippen LogP contribution in [0.3, 0.4) is 0 Å². The molecule has 172 valence electrons. The largest absolute Gasteiger partial charge is 0.309 e. The van der Waals surface area contributed by atoms with Crippen molar-refractivity contribution in [3.63, 3.8) is 0 Å². The van der Waals surface area contributed by atoms with Gasteiger partial charge in [0.15, 0.2) is 12.6 Å². The Labute approximate surface area is 211 Å². The van der Waals surface area contributed by atoms with E-state index in [1.54, 1.807) is 12.2 Å². The number of allylic oxidation sites excluding steroid dienone is 3. The monoisotopic (exact) mass is 500 g/mol. The summed E-state index contributed by atoms with van der Waals surface area (Å²) < 4.78 is 15.1. The number of rotatable bonds is 5. The van der Waals surface area contributed by atoms with Gasteiger partial charge in [-0.05, 0) is 22.8 Å². The first kappa shape index (κ1) is 23.6. The molecule has 0 saturated heterocycles. The number of nitrogens with zero attached hydrogens (tertiary/aromatic N) is 2. The fraction of sp³-hybridized carbons (Fsp3) is 0. The molecule has 0 N–H and O–H groups in total. The van der Waals surface area contributed by atoms with E-state index in [1.807, 2.05) is 121 Å². The van der Waals surface area contributed by atoms with Crippen LogP contribution in [0, 0.1) is 17.9 Å². The predicted molar refractivity (Wildman–Crippen MR) is 152 cm³/mol. The molecular formula is C31H22N2OP2. The third kappa shape index (κ3) is 3.71. The molecule has 0 amide bonds. The Hall–Kier alpha value is -4.13. The second-order valence-electron chi connectivity index (χ2n) is 8.30. The molecule has 1 heterocycles. The third-order valence-corrected chi connectivity index (χ3v) is 13.4. The van der Waals surface area contributed by atoms with Crippen molar-refractivity contribution >= 4 is 40.7 Å². The average molecular weight is 500 g/mol. The Morgan fingerprint density at radius 2 is 1.08 bits per heavy atom. The van der Waals surface area contributed by atoms with E-state index >= 15 is 4.57 Å². The van der Waals surface area contributed by atoms with E-state index in [1.165, 1.54) is 0 Å². The van der Waals surface area contributed by atoms with Gasteiger partial charge in [-0.25, -0.2) is 4.85 Å². The molecule has 0 unspecified atom stereocenters. The van der Waals surface area contributed by atoms with Gasteiger partial charge in [0.1, 0.15) is 0 Å². The minimum absolute atomic E-state index is 0.459. The molecule has 4 aromatic rings. The minimum Gasteiger partial charge on any atom is -0.309 e. The number of hydrogen-bond acceptors (Lipinski definition) is 2. The summed E-state index contributed by atoms with van der Waals surface area (Å²) in [7, 11) is -3.35. The van der Waals surface area contributed by atoms with E-state index in [0.29, 0.717) is 26.7 Å². The van der Waals surface area contributed by atoms with Gasteiger partial charge in [0.2, 0.25) is 0 Å². The van der Waals surface area contributed by atoms with Crippen LogP contribution in [-0.4, -0.2) is 5.42 Å². The SMILES string of the molecule is [C-]#[N+]C1=P(c2ccccc2)(c2ccccc2)C(C#N)=CC(P(=O)(c2ccccc2)c2ccccc2)=C1. The highest BCUT2D eigenvalue weighted by atomic mass is 31.2. The summed E-state index contributed by atoms with van der Waals surface area (Å²) in [6.07, 6.45) is 3.59. The van der Waals surface area contributed by atoms with Crippen molar-refractivity contribution in [2.24, 2.45) is 0 Å². The van der Waals surface area contributed by atoms with Crippen molar-refractivity contribution in [1.82, 2.24) is 0 Å². The molecule has 3 nitrogen and oxygen atoms in total. The zero-order valence-corrected chi connectivity index (χ0v) is 21.2. The Morgan fingerprint density at radius 3 is 1.47 bits per heavy atom. The minimum atomic E-state index is -3.35. The lowest BCUT2D eigenvalue weighted by Crippen LogP contribution is -2.25. The van der Waals surface area contributed by atoms with Crippen LogP contribution in [0.4, 0.5) is 0 Å². The van der Waals surface area contributed by atoms with Gasteiger partial charge >= 0.3 is 0 Å². The Morgan fingerprint density at radius 1 is 0.667 bits per heavy atom. The van der Waals surface area contributed by atoms with Gasteiger partial charge in [-0.2, -0.15) is 5.26 Å². The highest BCUT2D eigenvalue weighted by Crippen LogP contribution is 2.62. The van der Waals surface area contributed by atoms with Gasteiger partial charge < -0.3 is 4.57 Å². The van der Waals surface area contributed by atoms with Crippen molar-refractivity contribution in [3.8, 4) is 6.07 Å². The van der Waals surface area contributed by atoms with Gasteiger partial charge in [-0.3, -0.25) is 0 Å². The van der Waals surface area contributed by atoms with Crippen LogP contribution in [-0.2, 0) is 4.57 Å². The van der Waals surface area contributed by atoms with Gasteiger partial charge in [-0.1, -0.05) is 121 Å². The highest BCUT2D eigenvalue weighted by molar-refractivity contribution is 7.93. The fourth-order valence-electron chi connectivity index (χ4n) is 4.75. The lowest BCUT2D eigenvalue weighted by molar-refractivity contribution is 0.591. The summed E-state index contributed by atoms with van der Waals surface area (Å²) in [4.78, 5) is 4.03. The summed E-state index contributed by atoms with van der Waals surface area (Å²) >= 11 is 0. The molecular weight excluding hydrogens is 478 g/mol. The Kier molecular flexibility index (Phi) is 6.46. The zero-order chi connectivity index (χ0) is 25.0. The zero-order valence-electron chi connectivity index (χ0n) is 19.4. The Balaban J connectivity index is 1.92. The molecule has 5 heteroatoms. The molecule has 0 aliphatic carbocycles. The molecule has 36 heavy (non-hydrogen) atoms. The van der Waals surface area contributed by atoms with Gasteiger partial charge in [-0.15, -0.1) is 0 Å². The van der Waals surface area contributed by atoms with Crippen LogP contribution in [0.15, 0.2) is 144 Å². The van der Waals surface area contributed by atoms with E-state index in [0.717, 1.165) is 10.6 Å². The molecule has 0 atom stereocenters. The Bertz CT molecular complexity index is 1570. The lowest BCUT2D eigenvalue weighted by atomic mass is 10.3. The van der Waals surface area contributed by atoms with Crippen molar-refractivity contribution in [3.05, 3.63) is 156 Å². The summed E-state index contributed by atoms with van der Waals surface area (Å²) in [5.74, 6) is 0. The van der Waals surface area contributed by atoms with Crippen LogP contribution in [0.1, 0.15) is 0 Å². The molecule has 0 bridgehead atoms. The first-order valence-electron chi connectivity index (χ1n) is 11.5. The van der Waals surface area contributed by atoms with Crippen LogP contribution in [0.25, 0.3) is 4.85 Å². The van der Waals surface area contributed by atoms with Gasteiger partial charge in [0, 0.05) is 22.8 Å². The molecule has 0 aromatic heterocycles. The van der Waals surface area contributed by atoms with E-state index in [9.17, 15) is 5.26 Å². The smallest absolute Gasteiger partial charge is 0.196 e. The molecule has 1 aliphatic rings. The van der Waals surface area contributed by atoms with Crippen molar-refractivity contribution in [2.45, 2.75) is 0 Å². The third-order valence-electron chi connectivity index (χ3n) is 6.39. The van der Waals surface area contributed by atoms with Gasteiger partial charge in [0.25, 0.3) is 0 Å². The van der Waals surface area contributed by atoms with Crippen molar-refractivity contribution < 1.29 is 4.57 Å². The van der Waals surface area contributed by atoms with Crippen LogP contribution < -0.4 is 21.2 Å². The first-order chi connectivity index (χ1) is 17.7. The van der Waals surface area contributed by atoms with E-state index in [-0.39, 0.29) is 0 Å². The fourth-order valence-corrected chi connectivity index (χ4v) is 11.5. The lowest BCUT2D eigenvalue weighted by Gasteiger charge is -2.32. The molecule has 1 aliphatic heterocycles. The summed E-state index contributed by atoms with van der Waals surface area (Å²) in [6.45, 7) is 5.52. The van der Waals surface area contributed by atoms with Crippen molar-refractivity contribution in [1.29, 1.82) is 5.26 Å². The van der Waals surface area contributed by atoms with E-state index in [4.69, 9.17) is 6.57 Å². The van der Waals surface area contributed by atoms with Gasteiger partial charge in [0.05, 0.1) is 18.0 Å². The molecule has 4 aromatic carbocycles. The topological polar surface area (TPSA) is 45.2 Å². The van der Waals surface area contributed by atoms with Crippen molar-refractivity contribution in [2.75, 3.05) is 0 Å². The summed E-state index contributed by atoms with van der Waals surface area (Å²) in [5.41, 5.74) is 0.459. The normalized spacial score (nSPS) is 14.7. The van der Waals surface area contributed by atoms with E-state index < -0.39 is 14.0 Å². The quantitative estimate of drug-likeness (QED) is 0.248. The highest BCUT2D eigenvalue weighted by Gasteiger charge is 2.39. The van der Waals surface area contributed by atoms with E-state index in [2.05, 4.69) is 10.9 Å². The first-order valence-corrected chi connectivity index (χ1v) is 15.0. The molecule has 5 rings (SSSR count).